The third-order valence-corrected chi connectivity index (χ3v) is 7.96. The minimum absolute atomic E-state index is 0.0102. The van der Waals surface area contributed by atoms with Gasteiger partial charge in [0.05, 0.1) is 11.8 Å². The molecule has 31 heavy (non-hydrogen) atoms. The molecule has 1 N–H and O–H groups in total. The Balaban J connectivity index is 1.20. The van der Waals surface area contributed by atoms with E-state index in [1.165, 1.54) is 65.4 Å². The topological polar surface area (TPSA) is 59.8 Å². The number of carbonyl (C=O) groups excluding carboxylic acids is 1. The molecule has 1 amide bonds. The Labute approximate surface area is 191 Å². The molecule has 0 aliphatic heterocycles. The van der Waals surface area contributed by atoms with Crippen LogP contribution in [0.1, 0.15) is 72.1 Å². The summed E-state index contributed by atoms with van der Waals surface area (Å²) in [7, 11) is 0. The first-order chi connectivity index (χ1) is 15.2. The molecule has 2 aliphatic carbocycles. The lowest BCUT2D eigenvalue weighted by atomic mass is 9.89. The molecule has 3 aromatic rings. The number of aryl methyl sites for hydroxylation is 2. The number of nitrogens with zero attached hydrogens (tertiary/aromatic N) is 3. The van der Waals surface area contributed by atoms with E-state index in [9.17, 15) is 4.79 Å². The summed E-state index contributed by atoms with van der Waals surface area (Å²) >= 11 is 3.24. The molecule has 1 aromatic carbocycles. The highest BCUT2D eigenvalue weighted by molar-refractivity contribution is 7.99. The number of hydrogen-bond acceptors (Lipinski definition) is 5. The number of benzene rings is 1. The summed E-state index contributed by atoms with van der Waals surface area (Å²) in [6.07, 6.45) is 8.05. The molecule has 1 fully saturated rings. The third kappa shape index (κ3) is 4.88. The fourth-order valence-corrected chi connectivity index (χ4v) is 5.85. The number of fused-ring (bicyclic) bond motifs is 1. The molecular formula is C24H28N4OS2. The number of aromatic nitrogens is 3. The second-order valence-corrected chi connectivity index (χ2v) is 10.5. The Hall–Kier alpha value is -2.12. The molecule has 7 heteroatoms. The van der Waals surface area contributed by atoms with Crippen molar-refractivity contribution in [2.24, 2.45) is 0 Å². The maximum absolute atomic E-state index is 12.7. The van der Waals surface area contributed by atoms with E-state index < -0.39 is 0 Å². The maximum Gasteiger partial charge on any atom is 0.230 e. The first-order valence-electron chi connectivity index (χ1n) is 11.2. The quantitative estimate of drug-likeness (QED) is 0.482. The van der Waals surface area contributed by atoms with Crippen LogP contribution in [0.5, 0.6) is 0 Å². The Morgan fingerprint density at radius 3 is 2.84 bits per heavy atom. The number of thioether (sulfide) groups is 1. The molecule has 0 spiro atoms. The zero-order valence-electron chi connectivity index (χ0n) is 17.8. The van der Waals surface area contributed by atoms with E-state index in [1.54, 1.807) is 11.3 Å². The molecule has 1 atom stereocenters. The van der Waals surface area contributed by atoms with Gasteiger partial charge in [0, 0.05) is 17.3 Å². The highest BCUT2D eigenvalue weighted by Crippen LogP contribution is 2.39. The van der Waals surface area contributed by atoms with E-state index in [0.29, 0.717) is 11.8 Å². The second-order valence-electron chi connectivity index (χ2n) is 8.57. The van der Waals surface area contributed by atoms with Gasteiger partial charge in [-0.2, -0.15) is 0 Å². The van der Waals surface area contributed by atoms with E-state index in [0.717, 1.165) is 23.8 Å². The van der Waals surface area contributed by atoms with Gasteiger partial charge in [0.2, 0.25) is 5.91 Å². The van der Waals surface area contributed by atoms with Gasteiger partial charge >= 0.3 is 0 Å². The van der Waals surface area contributed by atoms with Gasteiger partial charge in [-0.15, -0.1) is 21.5 Å². The van der Waals surface area contributed by atoms with Crippen molar-refractivity contribution in [2.45, 2.75) is 69.1 Å². The SMILES string of the molecule is CC(NC(=O)CSc1nnc(Cc2cccs2)n1C1CC1)c1ccc2c(c1)CCCC2. The van der Waals surface area contributed by atoms with Crippen LogP contribution in [-0.4, -0.2) is 26.4 Å². The van der Waals surface area contributed by atoms with E-state index in [-0.39, 0.29) is 11.9 Å². The first-order valence-corrected chi connectivity index (χ1v) is 13.0. The van der Waals surface area contributed by atoms with Gasteiger partial charge in [-0.25, -0.2) is 0 Å². The van der Waals surface area contributed by atoms with Crippen LogP contribution in [0.2, 0.25) is 0 Å². The predicted molar refractivity (Wildman–Crippen MR) is 126 cm³/mol. The van der Waals surface area contributed by atoms with Crippen LogP contribution in [-0.2, 0) is 24.1 Å². The number of thiophene rings is 1. The Morgan fingerprint density at radius 1 is 1.23 bits per heavy atom. The number of rotatable bonds is 8. The fraction of sp³-hybridized carbons (Fsp3) is 0.458. The molecule has 162 valence electrons. The molecule has 0 radical (unpaired) electrons. The van der Waals surface area contributed by atoms with Crippen LogP contribution < -0.4 is 5.32 Å². The van der Waals surface area contributed by atoms with Gasteiger partial charge in [0.15, 0.2) is 5.16 Å². The normalized spacial score (nSPS) is 16.7. The second kappa shape index (κ2) is 9.17. The third-order valence-electron chi connectivity index (χ3n) is 6.14. The summed E-state index contributed by atoms with van der Waals surface area (Å²) in [5, 5.41) is 15.0. The van der Waals surface area contributed by atoms with Crippen LogP contribution in [0.15, 0.2) is 40.9 Å². The summed E-state index contributed by atoms with van der Waals surface area (Å²) in [4.78, 5) is 14.0. The molecule has 1 saturated carbocycles. The summed E-state index contributed by atoms with van der Waals surface area (Å²) in [6.45, 7) is 2.07. The molecule has 5 rings (SSSR count). The Bertz CT molecular complexity index is 1060. The Kier molecular flexibility index (Phi) is 6.14. The largest absolute Gasteiger partial charge is 0.349 e. The average Bonchev–Trinajstić information content (AvgIpc) is 3.33. The lowest BCUT2D eigenvalue weighted by molar-refractivity contribution is -0.119. The zero-order valence-corrected chi connectivity index (χ0v) is 19.5. The highest BCUT2D eigenvalue weighted by Gasteiger charge is 2.30. The van der Waals surface area contributed by atoms with Crippen molar-refractivity contribution in [3.63, 3.8) is 0 Å². The number of carbonyl (C=O) groups is 1. The van der Waals surface area contributed by atoms with Crippen molar-refractivity contribution in [3.8, 4) is 0 Å². The number of nitrogens with one attached hydrogen (secondary N) is 1. The van der Waals surface area contributed by atoms with Crippen molar-refractivity contribution in [3.05, 3.63) is 63.1 Å². The lowest BCUT2D eigenvalue weighted by Crippen LogP contribution is -2.28. The highest BCUT2D eigenvalue weighted by atomic mass is 32.2. The molecule has 0 bridgehead atoms. The van der Waals surface area contributed by atoms with Gasteiger partial charge in [-0.05, 0) is 73.6 Å². The predicted octanol–water partition coefficient (Wildman–Crippen LogP) is 5.11. The van der Waals surface area contributed by atoms with Crippen LogP contribution in [0, 0.1) is 0 Å². The molecule has 2 aromatic heterocycles. The molecule has 0 saturated heterocycles. The maximum atomic E-state index is 12.7. The summed E-state index contributed by atoms with van der Waals surface area (Å²) < 4.78 is 2.25. The van der Waals surface area contributed by atoms with Crippen LogP contribution in [0.25, 0.3) is 0 Å². The van der Waals surface area contributed by atoms with Crippen molar-refractivity contribution < 1.29 is 4.79 Å². The molecule has 2 aliphatic rings. The zero-order chi connectivity index (χ0) is 21.2. The minimum atomic E-state index is 0.0102. The van der Waals surface area contributed by atoms with Gasteiger partial charge < -0.3 is 9.88 Å². The number of amides is 1. The van der Waals surface area contributed by atoms with Gasteiger partial charge in [0.1, 0.15) is 5.82 Å². The first kappa shape index (κ1) is 20.8. The van der Waals surface area contributed by atoms with Crippen LogP contribution >= 0.6 is 23.1 Å². The molecule has 1 unspecified atom stereocenters. The van der Waals surface area contributed by atoms with Crippen LogP contribution in [0.4, 0.5) is 0 Å². The molecule has 2 heterocycles. The fourth-order valence-electron chi connectivity index (χ4n) is 4.31. The van der Waals surface area contributed by atoms with Crippen molar-refractivity contribution >= 4 is 29.0 Å². The number of hydrogen-bond donors (Lipinski definition) is 1. The van der Waals surface area contributed by atoms with Gasteiger partial charge in [-0.3, -0.25) is 4.79 Å². The molecular weight excluding hydrogens is 424 g/mol. The van der Waals surface area contributed by atoms with Crippen molar-refractivity contribution in [1.82, 2.24) is 20.1 Å². The smallest absolute Gasteiger partial charge is 0.230 e. The van der Waals surface area contributed by atoms with Gasteiger partial charge in [0.25, 0.3) is 0 Å². The lowest BCUT2D eigenvalue weighted by Gasteiger charge is -2.20. The Morgan fingerprint density at radius 2 is 2.06 bits per heavy atom. The summed E-state index contributed by atoms with van der Waals surface area (Å²) in [5.41, 5.74) is 4.12. The van der Waals surface area contributed by atoms with Crippen molar-refractivity contribution in [2.75, 3.05) is 5.75 Å². The standard InChI is InChI=1S/C24H28N4OS2/c1-16(18-9-8-17-5-2-3-6-19(17)13-18)25-23(29)15-31-24-27-26-22(28(24)20-10-11-20)14-21-7-4-12-30-21/h4,7-9,12-13,16,20H,2-3,5-6,10-11,14-15H2,1H3,(H,25,29). The van der Waals surface area contributed by atoms with E-state index in [4.69, 9.17) is 0 Å². The molecule has 5 nitrogen and oxygen atoms in total. The van der Waals surface area contributed by atoms with Crippen molar-refractivity contribution in [1.29, 1.82) is 0 Å². The average molecular weight is 453 g/mol. The van der Waals surface area contributed by atoms with E-state index >= 15 is 0 Å². The van der Waals surface area contributed by atoms with E-state index in [1.807, 2.05) is 0 Å². The van der Waals surface area contributed by atoms with E-state index in [2.05, 4.69) is 62.7 Å². The minimum Gasteiger partial charge on any atom is -0.349 e. The monoisotopic (exact) mass is 452 g/mol. The van der Waals surface area contributed by atoms with Crippen LogP contribution in [0.3, 0.4) is 0 Å². The van der Waals surface area contributed by atoms with Gasteiger partial charge in [-0.1, -0.05) is 36.0 Å². The summed E-state index contributed by atoms with van der Waals surface area (Å²) in [6, 6.07) is 11.4. The summed E-state index contributed by atoms with van der Waals surface area (Å²) in [5.74, 6) is 1.41.